The van der Waals surface area contributed by atoms with Crippen LogP contribution in [-0.4, -0.2) is 30.0 Å². The minimum absolute atomic E-state index is 0.173. The van der Waals surface area contributed by atoms with Crippen LogP contribution in [-0.2, 0) is 11.2 Å². The molecule has 2 fully saturated rings. The first-order chi connectivity index (χ1) is 9.08. The predicted molar refractivity (Wildman–Crippen MR) is 68.7 cm³/mol. The van der Waals surface area contributed by atoms with Gasteiger partial charge in [-0.15, -0.1) is 0 Å². The van der Waals surface area contributed by atoms with Crippen molar-refractivity contribution in [1.29, 1.82) is 0 Å². The van der Waals surface area contributed by atoms with Crippen molar-refractivity contribution in [3.8, 4) is 5.75 Å². The van der Waals surface area contributed by atoms with Crippen molar-refractivity contribution in [3.63, 3.8) is 0 Å². The van der Waals surface area contributed by atoms with E-state index >= 15 is 0 Å². The second-order valence-electron chi connectivity index (χ2n) is 5.74. The molecule has 2 atom stereocenters. The quantitative estimate of drug-likeness (QED) is 0.913. The van der Waals surface area contributed by atoms with Crippen LogP contribution < -0.4 is 4.74 Å². The van der Waals surface area contributed by atoms with Gasteiger partial charge in [-0.25, -0.2) is 4.39 Å². The number of methoxy groups -OCH3 is 1. The highest BCUT2D eigenvalue weighted by Crippen LogP contribution is 2.40. The molecule has 19 heavy (non-hydrogen) atoms. The molecule has 1 aromatic carbocycles. The number of ether oxygens (including phenoxy) is 2. The van der Waals surface area contributed by atoms with E-state index in [2.05, 4.69) is 0 Å². The minimum atomic E-state index is -0.759. The lowest BCUT2D eigenvalue weighted by atomic mass is 9.84. The number of benzene rings is 1. The van der Waals surface area contributed by atoms with Gasteiger partial charge in [-0.1, -0.05) is 6.07 Å². The Morgan fingerprint density at radius 2 is 2.05 bits per heavy atom. The average Bonchev–Trinajstić information content (AvgIpc) is 2.69. The Balaban J connectivity index is 1.75. The molecular weight excluding hydrogens is 247 g/mol. The summed E-state index contributed by atoms with van der Waals surface area (Å²) >= 11 is 0. The monoisotopic (exact) mass is 266 g/mol. The Kier molecular flexibility index (Phi) is 3.23. The number of hydrogen-bond donors (Lipinski definition) is 1. The van der Waals surface area contributed by atoms with Crippen LogP contribution in [0.2, 0.25) is 0 Å². The molecule has 104 valence electrons. The van der Waals surface area contributed by atoms with Gasteiger partial charge in [0.1, 0.15) is 0 Å². The fourth-order valence-electron chi connectivity index (χ4n) is 3.36. The summed E-state index contributed by atoms with van der Waals surface area (Å²) in [5.74, 6) is -0.138. The molecule has 0 aromatic heterocycles. The topological polar surface area (TPSA) is 38.7 Å². The standard InChI is InChI=1S/C15H19FO3/c1-18-14-5-2-10(6-13(14)16)7-15(17)8-11-3-4-12(9-15)19-11/h2,5-6,11-12,17H,3-4,7-9H2,1H3. The SMILES string of the molecule is COc1ccc(CC2(O)CC3CCC(C2)O3)cc1F. The smallest absolute Gasteiger partial charge is 0.165 e. The molecule has 0 aliphatic carbocycles. The first-order valence-electron chi connectivity index (χ1n) is 6.78. The molecule has 3 nitrogen and oxygen atoms in total. The van der Waals surface area contributed by atoms with E-state index in [0.29, 0.717) is 19.3 Å². The molecule has 1 N–H and O–H groups in total. The van der Waals surface area contributed by atoms with Crippen LogP contribution >= 0.6 is 0 Å². The highest BCUT2D eigenvalue weighted by Gasteiger charge is 2.43. The Bertz CT molecular complexity index is 462. The normalized spacial score (nSPS) is 33.4. The van der Waals surface area contributed by atoms with Crippen LogP contribution in [0.3, 0.4) is 0 Å². The van der Waals surface area contributed by atoms with Crippen LogP contribution in [0.25, 0.3) is 0 Å². The third-order valence-electron chi connectivity index (χ3n) is 4.16. The summed E-state index contributed by atoms with van der Waals surface area (Å²) in [7, 11) is 1.45. The van der Waals surface area contributed by atoms with Gasteiger partial charge in [0.05, 0.1) is 24.9 Å². The molecule has 0 saturated carbocycles. The first kappa shape index (κ1) is 12.9. The summed E-state index contributed by atoms with van der Waals surface area (Å²) in [6.45, 7) is 0. The Labute approximate surface area is 112 Å². The van der Waals surface area contributed by atoms with Crippen molar-refractivity contribution < 1.29 is 19.0 Å². The maximum atomic E-state index is 13.7. The molecule has 2 aliphatic rings. The lowest BCUT2D eigenvalue weighted by Crippen LogP contribution is -2.42. The van der Waals surface area contributed by atoms with Gasteiger partial charge >= 0.3 is 0 Å². The van der Waals surface area contributed by atoms with Gasteiger partial charge in [0.15, 0.2) is 11.6 Å². The fraction of sp³-hybridized carbons (Fsp3) is 0.600. The Morgan fingerprint density at radius 3 is 2.63 bits per heavy atom. The van der Waals surface area contributed by atoms with Crippen molar-refractivity contribution in [3.05, 3.63) is 29.6 Å². The van der Waals surface area contributed by atoms with Crippen LogP contribution in [0.15, 0.2) is 18.2 Å². The van der Waals surface area contributed by atoms with E-state index in [1.165, 1.54) is 13.2 Å². The van der Waals surface area contributed by atoms with Crippen LogP contribution in [0.5, 0.6) is 5.75 Å². The van der Waals surface area contributed by atoms with Crippen molar-refractivity contribution in [2.75, 3.05) is 7.11 Å². The van der Waals surface area contributed by atoms with Crippen molar-refractivity contribution in [2.45, 2.75) is 49.9 Å². The molecule has 4 heteroatoms. The van der Waals surface area contributed by atoms with Crippen molar-refractivity contribution >= 4 is 0 Å². The maximum Gasteiger partial charge on any atom is 0.165 e. The zero-order chi connectivity index (χ0) is 13.5. The van der Waals surface area contributed by atoms with Gasteiger partial charge in [0.25, 0.3) is 0 Å². The third kappa shape index (κ3) is 2.60. The van der Waals surface area contributed by atoms with Crippen LogP contribution in [0.4, 0.5) is 4.39 Å². The van der Waals surface area contributed by atoms with Gasteiger partial charge in [0.2, 0.25) is 0 Å². The van der Waals surface area contributed by atoms with E-state index in [1.54, 1.807) is 6.07 Å². The number of aliphatic hydroxyl groups is 1. The zero-order valence-electron chi connectivity index (χ0n) is 11.1. The molecule has 3 rings (SSSR count). The summed E-state index contributed by atoms with van der Waals surface area (Å²) < 4.78 is 24.3. The molecule has 0 spiro atoms. The molecule has 2 bridgehead atoms. The number of rotatable bonds is 3. The molecule has 2 unspecified atom stereocenters. The molecule has 2 heterocycles. The second kappa shape index (κ2) is 4.76. The van der Waals surface area contributed by atoms with Gasteiger partial charge < -0.3 is 14.6 Å². The minimum Gasteiger partial charge on any atom is -0.494 e. The molecular formula is C15H19FO3. The van der Waals surface area contributed by atoms with Gasteiger partial charge in [-0.2, -0.15) is 0 Å². The van der Waals surface area contributed by atoms with E-state index in [4.69, 9.17) is 9.47 Å². The third-order valence-corrected chi connectivity index (χ3v) is 4.16. The van der Waals surface area contributed by atoms with Gasteiger partial charge in [-0.3, -0.25) is 0 Å². The van der Waals surface area contributed by atoms with Gasteiger partial charge in [-0.05, 0) is 30.5 Å². The molecule has 2 saturated heterocycles. The van der Waals surface area contributed by atoms with Crippen molar-refractivity contribution in [2.24, 2.45) is 0 Å². The molecule has 0 amide bonds. The average molecular weight is 266 g/mol. The second-order valence-corrected chi connectivity index (χ2v) is 5.74. The Morgan fingerprint density at radius 1 is 1.37 bits per heavy atom. The predicted octanol–water partition coefficient (Wildman–Crippen LogP) is 2.45. The fourth-order valence-corrected chi connectivity index (χ4v) is 3.36. The number of halogens is 1. The Hall–Kier alpha value is -1.13. The largest absolute Gasteiger partial charge is 0.494 e. The highest BCUT2D eigenvalue weighted by atomic mass is 19.1. The lowest BCUT2D eigenvalue weighted by Gasteiger charge is -2.36. The van der Waals surface area contributed by atoms with Gasteiger partial charge in [0, 0.05) is 19.3 Å². The summed E-state index contributed by atoms with van der Waals surface area (Å²) in [4.78, 5) is 0. The number of fused-ring (bicyclic) bond motifs is 2. The van der Waals surface area contributed by atoms with E-state index in [9.17, 15) is 9.50 Å². The summed E-state index contributed by atoms with van der Waals surface area (Å²) in [6.07, 6.45) is 4.19. The van der Waals surface area contributed by atoms with E-state index < -0.39 is 5.60 Å². The first-order valence-corrected chi connectivity index (χ1v) is 6.78. The zero-order valence-corrected chi connectivity index (χ0v) is 11.1. The van der Waals surface area contributed by atoms with E-state index in [0.717, 1.165) is 18.4 Å². The highest BCUT2D eigenvalue weighted by molar-refractivity contribution is 5.30. The molecule has 1 aromatic rings. The van der Waals surface area contributed by atoms with E-state index in [-0.39, 0.29) is 23.8 Å². The summed E-state index contributed by atoms with van der Waals surface area (Å²) in [5.41, 5.74) is 0.0487. The van der Waals surface area contributed by atoms with E-state index in [1.807, 2.05) is 6.07 Å². The summed E-state index contributed by atoms with van der Waals surface area (Å²) in [6, 6.07) is 4.88. The maximum absolute atomic E-state index is 13.7. The van der Waals surface area contributed by atoms with Crippen molar-refractivity contribution in [1.82, 2.24) is 0 Å². The molecule has 2 aliphatic heterocycles. The lowest BCUT2D eigenvalue weighted by molar-refractivity contribution is -0.110. The number of hydrogen-bond acceptors (Lipinski definition) is 3. The van der Waals surface area contributed by atoms with Crippen LogP contribution in [0.1, 0.15) is 31.2 Å². The molecule has 0 radical (unpaired) electrons. The summed E-state index contributed by atoms with van der Waals surface area (Å²) in [5, 5.41) is 10.7. The van der Waals surface area contributed by atoms with Crippen LogP contribution in [0, 0.1) is 5.82 Å².